The number of carbonyl (C=O) groups excluding carboxylic acids is 1. The van der Waals surface area contributed by atoms with Crippen LogP contribution in [0.3, 0.4) is 0 Å². The minimum absolute atomic E-state index is 0.0567. The molecule has 0 saturated heterocycles. The van der Waals surface area contributed by atoms with E-state index in [4.69, 9.17) is 10.2 Å². The lowest BCUT2D eigenvalue weighted by molar-refractivity contribution is -0.128. The Bertz CT molecular complexity index is 322. The van der Waals surface area contributed by atoms with Crippen molar-refractivity contribution in [3.05, 3.63) is 23.5 Å². The summed E-state index contributed by atoms with van der Waals surface area (Å²) in [6.07, 6.45) is 0.0742. The summed E-state index contributed by atoms with van der Waals surface area (Å²) in [6, 6.07) is 0. The minimum Gasteiger partial charge on any atom is -0.493 e. The molecule has 0 aliphatic carbocycles. The summed E-state index contributed by atoms with van der Waals surface area (Å²) in [4.78, 5) is 11.2. The molecule has 1 rings (SSSR count). The van der Waals surface area contributed by atoms with Gasteiger partial charge in [0.2, 0.25) is 5.88 Å². The summed E-state index contributed by atoms with van der Waals surface area (Å²) in [5.74, 6) is -0.566. The zero-order valence-electron chi connectivity index (χ0n) is 8.32. The smallest absolute Gasteiger partial charge is 0.208 e. The topological polar surface area (TPSA) is 102 Å². The summed E-state index contributed by atoms with van der Waals surface area (Å²) in [5.41, 5.74) is 0.990. The number of nitrogens with one attached hydrogen (secondary N) is 2. The van der Waals surface area contributed by atoms with E-state index in [2.05, 4.69) is 10.6 Å². The zero-order valence-corrected chi connectivity index (χ0v) is 8.32. The molecule has 0 fully saturated rings. The second-order valence-corrected chi connectivity index (χ2v) is 3.25. The molecule has 0 saturated carbocycles. The fraction of sp³-hybridized carbons (Fsp3) is 0.444. The molecule has 1 aliphatic heterocycles. The van der Waals surface area contributed by atoms with Crippen LogP contribution in [0.25, 0.3) is 0 Å². The molecule has 1 heterocycles. The first kappa shape index (κ1) is 11.5. The van der Waals surface area contributed by atoms with Crippen LogP contribution in [0.5, 0.6) is 0 Å². The molecule has 1 atom stereocenters. The van der Waals surface area contributed by atoms with Gasteiger partial charge >= 0.3 is 0 Å². The third-order valence-corrected chi connectivity index (χ3v) is 2.01. The van der Waals surface area contributed by atoms with Crippen LogP contribution >= 0.6 is 0 Å². The van der Waals surface area contributed by atoms with Gasteiger partial charge in [-0.05, 0) is 6.92 Å². The highest BCUT2D eigenvalue weighted by molar-refractivity contribution is 5.85. The van der Waals surface area contributed by atoms with Gasteiger partial charge in [0.05, 0.1) is 18.7 Å². The highest BCUT2D eigenvalue weighted by Crippen LogP contribution is 2.08. The van der Waals surface area contributed by atoms with Crippen LogP contribution in [0.4, 0.5) is 0 Å². The van der Waals surface area contributed by atoms with Crippen molar-refractivity contribution in [2.24, 2.45) is 0 Å². The number of Topliss-reactive ketones (excluding diaryl/α,β-unsaturated/α-hetero) is 1. The maximum absolute atomic E-state index is 11.2. The highest BCUT2D eigenvalue weighted by Gasteiger charge is 2.17. The number of hydrogen-bond acceptors (Lipinski definition) is 6. The summed E-state index contributed by atoms with van der Waals surface area (Å²) >= 11 is 0. The molecule has 84 valence electrons. The molecule has 1 unspecified atom stereocenters. The molecule has 1 aliphatic rings. The van der Waals surface area contributed by atoms with Gasteiger partial charge in [0.1, 0.15) is 6.10 Å². The van der Waals surface area contributed by atoms with Crippen LogP contribution in [0.2, 0.25) is 0 Å². The lowest BCUT2D eigenvalue weighted by Crippen LogP contribution is -2.30. The van der Waals surface area contributed by atoms with E-state index in [0.29, 0.717) is 11.4 Å². The highest BCUT2D eigenvalue weighted by atomic mass is 16.3. The second-order valence-electron chi connectivity index (χ2n) is 3.25. The van der Waals surface area contributed by atoms with Gasteiger partial charge in [0, 0.05) is 11.9 Å². The minimum atomic E-state index is -1.37. The van der Waals surface area contributed by atoms with E-state index in [-0.39, 0.29) is 12.3 Å². The van der Waals surface area contributed by atoms with Gasteiger partial charge < -0.3 is 26.0 Å². The van der Waals surface area contributed by atoms with Crippen molar-refractivity contribution in [2.75, 3.05) is 6.61 Å². The fourth-order valence-corrected chi connectivity index (χ4v) is 1.05. The van der Waals surface area contributed by atoms with Gasteiger partial charge in [0.15, 0.2) is 5.78 Å². The number of rotatable bonds is 4. The molecule has 0 bridgehead atoms. The Hall–Kier alpha value is -1.53. The summed E-state index contributed by atoms with van der Waals surface area (Å²) in [7, 11) is 0. The number of ketones is 1. The average Bonchev–Trinajstić information content (AvgIpc) is 2.22. The van der Waals surface area contributed by atoms with Crippen molar-refractivity contribution < 1.29 is 20.1 Å². The van der Waals surface area contributed by atoms with Crippen LogP contribution in [0.1, 0.15) is 13.3 Å². The van der Waals surface area contributed by atoms with Crippen molar-refractivity contribution in [1.29, 1.82) is 0 Å². The largest absolute Gasteiger partial charge is 0.493 e. The van der Waals surface area contributed by atoms with E-state index in [1.165, 1.54) is 6.20 Å². The Morgan fingerprint density at radius 1 is 1.60 bits per heavy atom. The van der Waals surface area contributed by atoms with Gasteiger partial charge in [-0.25, -0.2) is 0 Å². The summed E-state index contributed by atoms with van der Waals surface area (Å²) < 4.78 is 0. The Morgan fingerprint density at radius 3 is 2.80 bits per heavy atom. The lowest BCUT2D eigenvalue weighted by atomic mass is 10.1. The summed E-state index contributed by atoms with van der Waals surface area (Å²) in [6.45, 7) is 1.07. The molecule has 5 N–H and O–H groups in total. The van der Waals surface area contributed by atoms with E-state index >= 15 is 0 Å². The first-order valence-corrected chi connectivity index (χ1v) is 4.48. The Morgan fingerprint density at radius 2 is 2.27 bits per heavy atom. The number of allylic oxidation sites excluding steroid dienone is 2. The Balaban J connectivity index is 2.52. The van der Waals surface area contributed by atoms with Crippen LogP contribution in [-0.2, 0) is 4.79 Å². The quantitative estimate of drug-likeness (QED) is 0.415. The maximum atomic E-state index is 11.2. The fourth-order valence-electron chi connectivity index (χ4n) is 1.05. The van der Waals surface area contributed by atoms with E-state index in [9.17, 15) is 9.90 Å². The second kappa shape index (κ2) is 4.81. The first-order chi connectivity index (χ1) is 7.04. The Kier molecular flexibility index (Phi) is 3.70. The average molecular weight is 214 g/mol. The monoisotopic (exact) mass is 214 g/mol. The SMILES string of the molecule is CC1=C(O)NC(CC(=O)C(O)CO)=CN1. The normalized spacial score (nSPS) is 17.7. The zero-order chi connectivity index (χ0) is 11.4. The van der Waals surface area contributed by atoms with E-state index < -0.39 is 18.5 Å². The summed E-state index contributed by atoms with van der Waals surface area (Å²) in [5, 5.41) is 32.2. The molecule has 0 aromatic carbocycles. The third kappa shape index (κ3) is 2.97. The Labute approximate surface area is 86.9 Å². The number of carbonyl (C=O) groups is 1. The van der Waals surface area contributed by atoms with Crippen LogP contribution < -0.4 is 10.6 Å². The molecule has 6 heteroatoms. The molecule has 6 nitrogen and oxygen atoms in total. The molecule has 0 radical (unpaired) electrons. The molecule has 0 aromatic rings. The van der Waals surface area contributed by atoms with Gasteiger partial charge in [-0.15, -0.1) is 0 Å². The van der Waals surface area contributed by atoms with Gasteiger partial charge in [-0.3, -0.25) is 4.79 Å². The van der Waals surface area contributed by atoms with Crippen LogP contribution in [-0.4, -0.2) is 33.8 Å². The molecule has 0 amide bonds. The molecule has 0 aromatic heterocycles. The number of aliphatic hydroxyl groups excluding tert-OH is 3. The van der Waals surface area contributed by atoms with Crippen molar-refractivity contribution >= 4 is 5.78 Å². The first-order valence-electron chi connectivity index (χ1n) is 4.48. The van der Waals surface area contributed by atoms with Crippen molar-refractivity contribution in [3.8, 4) is 0 Å². The lowest BCUT2D eigenvalue weighted by Gasteiger charge is -2.18. The molecule has 0 spiro atoms. The predicted molar refractivity (Wildman–Crippen MR) is 52.4 cm³/mol. The number of hydrogen-bond donors (Lipinski definition) is 5. The van der Waals surface area contributed by atoms with Crippen molar-refractivity contribution in [3.63, 3.8) is 0 Å². The molecule has 15 heavy (non-hydrogen) atoms. The van der Waals surface area contributed by atoms with Crippen molar-refractivity contribution in [1.82, 2.24) is 10.6 Å². The predicted octanol–water partition coefficient (Wildman–Crippen LogP) is -0.920. The molecular weight excluding hydrogens is 200 g/mol. The molecular formula is C9H14N2O4. The van der Waals surface area contributed by atoms with Gasteiger partial charge in [-0.2, -0.15) is 0 Å². The van der Waals surface area contributed by atoms with Crippen LogP contribution in [0.15, 0.2) is 23.5 Å². The third-order valence-electron chi connectivity index (χ3n) is 2.01. The van der Waals surface area contributed by atoms with E-state index in [1.807, 2.05) is 0 Å². The van der Waals surface area contributed by atoms with E-state index in [1.54, 1.807) is 6.92 Å². The van der Waals surface area contributed by atoms with Crippen LogP contribution in [0, 0.1) is 0 Å². The van der Waals surface area contributed by atoms with E-state index in [0.717, 1.165) is 0 Å². The standard InChI is InChI=1S/C9H14N2O4/c1-5-9(15)11-6(3-10-5)2-7(13)8(14)4-12/h3,8,10-12,14-15H,2,4H2,1H3. The maximum Gasteiger partial charge on any atom is 0.208 e. The van der Waals surface area contributed by atoms with Gasteiger partial charge in [-0.1, -0.05) is 0 Å². The van der Waals surface area contributed by atoms with Crippen molar-refractivity contribution in [2.45, 2.75) is 19.4 Å². The van der Waals surface area contributed by atoms with Gasteiger partial charge in [0.25, 0.3) is 0 Å². The number of aliphatic hydroxyl groups is 3.